The zero-order valence-corrected chi connectivity index (χ0v) is 10.6. The molecule has 0 spiro atoms. The predicted molar refractivity (Wildman–Crippen MR) is 71.1 cm³/mol. The van der Waals surface area contributed by atoms with Gasteiger partial charge in [0.1, 0.15) is 0 Å². The fraction of sp³-hybridized carbons (Fsp3) is 0.538. The minimum absolute atomic E-state index is 0.632. The van der Waals surface area contributed by atoms with Gasteiger partial charge in [-0.2, -0.15) is 11.8 Å². The molecule has 1 atom stereocenters. The van der Waals surface area contributed by atoms with Crippen LogP contribution in [0.25, 0.3) is 0 Å². The van der Waals surface area contributed by atoms with Gasteiger partial charge < -0.3 is 10.1 Å². The molecule has 2 rings (SSSR count). The van der Waals surface area contributed by atoms with Crippen molar-refractivity contribution in [2.75, 3.05) is 23.4 Å². The first-order valence-electron chi connectivity index (χ1n) is 5.90. The van der Waals surface area contributed by atoms with Gasteiger partial charge in [0.05, 0.1) is 6.61 Å². The summed E-state index contributed by atoms with van der Waals surface area (Å²) >= 11 is 2.03. The fourth-order valence-corrected chi connectivity index (χ4v) is 3.02. The lowest BCUT2D eigenvalue weighted by molar-refractivity contribution is 0.134. The highest BCUT2D eigenvalue weighted by Crippen LogP contribution is 2.23. The van der Waals surface area contributed by atoms with Crippen LogP contribution in [0.4, 0.5) is 5.69 Å². The molecule has 1 aromatic carbocycles. The Morgan fingerprint density at radius 3 is 3.06 bits per heavy atom. The second-order valence-electron chi connectivity index (χ2n) is 4.00. The Morgan fingerprint density at radius 2 is 2.31 bits per heavy atom. The molecule has 0 amide bonds. The van der Waals surface area contributed by atoms with Crippen LogP contribution in [0.15, 0.2) is 24.3 Å². The third-order valence-corrected chi connectivity index (χ3v) is 3.93. The van der Waals surface area contributed by atoms with Gasteiger partial charge in [-0.15, -0.1) is 0 Å². The van der Waals surface area contributed by atoms with Crippen LogP contribution in [0.2, 0.25) is 0 Å². The zero-order chi connectivity index (χ0) is 11.2. The summed E-state index contributed by atoms with van der Waals surface area (Å²) in [6.45, 7) is 3.51. The number of rotatable bonds is 5. The Morgan fingerprint density at radius 1 is 1.44 bits per heavy atom. The molecule has 0 saturated carbocycles. The molecular formula is C13H19NOS. The lowest BCUT2D eigenvalue weighted by Crippen LogP contribution is -2.19. The van der Waals surface area contributed by atoms with Crippen LogP contribution in [-0.2, 0) is 11.3 Å². The Bertz CT molecular complexity index is 323. The number of hydrogen-bond donors (Lipinski definition) is 1. The summed E-state index contributed by atoms with van der Waals surface area (Å²) in [7, 11) is 0. The Kier molecular flexibility index (Phi) is 4.55. The molecule has 1 fully saturated rings. The van der Waals surface area contributed by atoms with Gasteiger partial charge in [0.25, 0.3) is 0 Å². The smallest absolute Gasteiger partial charge is 0.0736 e. The molecule has 1 aliphatic rings. The maximum absolute atomic E-state index is 5.48. The topological polar surface area (TPSA) is 21.3 Å². The second-order valence-corrected chi connectivity index (χ2v) is 5.15. The molecule has 1 heterocycles. The van der Waals surface area contributed by atoms with Crippen molar-refractivity contribution >= 4 is 17.4 Å². The number of benzene rings is 1. The minimum atomic E-state index is 0.632. The maximum Gasteiger partial charge on any atom is 0.0736 e. The van der Waals surface area contributed by atoms with Gasteiger partial charge in [0.15, 0.2) is 0 Å². The van der Waals surface area contributed by atoms with Crippen molar-refractivity contribution in [3.63, 3.8) is 0 Å². The summed E-state index contributed by atoms with van der Waals surface area (Å²) in [4.78, 5) is 0. The molecule has 0 aromatic heterocycles. The highest BCUT2D eigenvalue weighted by molar-refractivity contribution is 7.99. The summed E-state index contributed by atoms with van der Waals surface area (Å²) < 4.78 is 5.48. The van der Waals surface area contributed by atoms with Gasteiger partial charge in [0, 0.05) is 29.7 Å². The molecule has 2 nitrogen and oxygen atoms in total. The molecule has 1 aliphatic heterocycles. The average molecular weight is 237 g/mol. The predicted octanol–water partition coefficient (Wildman–Crippen LogP) is 3.14. The minimum Gasteiger partial charge on any atom is -0.381 e. The molecule has 0 aliphatic carbocycles. The molecular weight excluding hydrogens is 218 g/mol. The van der Waals surface area contributed by atoms with Crippen molar-refractivity contribution in [3.05, 3.63) is 29.8 Å². The van der Waals surface area contributed by atoms with Crippen LogP contribution in [0.3, 0.4) is 0 Å². The van der Waals surface area contributed by atoms with E-state index in [1.54, 1.807) is 0 Å². The molecule has 16 heavy (non-hydrogen) atoms. The largest absolute Gasteiger partial charge is 0.381 e. The highest BCUT2D eigenvalue weighted by Gasteiger charge is 2.15. The number of nitrogens with one attached hydrogen (secondary N) is 1. The molecule has 1 aromatic rings. The Hall–Kier alpha value is -0.670. The van der Waals surface area contributed by atoms with E-state index >= 15 is 0 Å². The molecule has 88 valence electrons. The van der Waals surface area contributed by atoms with E-state index in [0.717, 1.165) is 6.61 Å². The van der Waals surface area contributed by atoms with Crippen molar-refractivity contribution in [2.45, 2.75) is 26.0 Å². The van der Waals surface area contributed by atoms with E-state index in [2.05, 4.69) is 29.6 Å². The van der Waals surface area contributed by atoms with Gasteiger partial charge in [0.2, 0.25) is 0 Å². The van der Waals surface area contributed by atoms with Gasteiger partial charge in [-0.1, -0.05) is 18.2 Å². The van der Waals surface area contributed by atoms with Crippen LogP contribution < -0.4 is 5.32 Å². The van der Waals surface area contributed by atoms with Gasteiger partial charge in [-0.25, -0.2) is 0 Å². The van der Waals surface area contributed by atoms with Crippen molar-refractivity contribution in [1.82, 2.24) is 0 Å². The summed E-state index contributed by atoms with van der Waals surface area (Å²) in [5, 5.41) is 3.62. The summed E-state index contributed by atoms with van der Waals surface area (Å²) in [6.07, 6.45) is 1.27. The van der Waals surface area contributed by atoms with Gasteiger partial charge in [-0.3, -0.25) is 0 Å². The van der Waals surface area contributed by atoms with Crippen molar-refractivity contribution in [2.24, 2.45) is 0 Å². The number of para-hydroxylation sites is 1. The van der Waals surface area contributed by atoms with Crippen LogP contribution in [0.1, 0.15) is 18.9 Å². The normalized spacial score (nSPS) is 19.9. The number of anilines is 1. The van der Waals surface area contributed by atoms with E-state index in [1.165, 1.54) is 29.2 Å². The van der Waals surface area contributed by atoms with Gasteiger partial charge >= 0.3 is 0 Å². The quantitative estimate of drug-likeness (QED) is 0.850. The van der Waals surface area contributed by atoms with E-state index in [1.807, 2.05) is 18.7 Å². The summed E-state index contributed by atoms with van der Waals surface area (Å²) in [6, 6.07) is 9.08. The molecule has 1 N–H and O–H groups in total. The van der Waals surface area contributed by atoms with E-state index in [4.69, 9.17) is 4.74 Å². The zero-order valence-electron chi connectivity index (χ0n) is 9.74. The van der Waals surface area contributed by atoms with Crippen molar-refractivity contribution in [3.8, 4) is 0 Å². The summed E-state index contributed by atoms with van der Waals surface area (Å²) in [5.41, 5.74) is 2.50. The lowest BCUT2D eigenvalue weighted by atomic mass is 10.1. The molecule has 0 radical (unpaired) electrons. The van der Waals surface area contributed by atoms with Crippen molar-refractivity contribution < 1.29 is 4.74 Å². The van der Waals surface area contributed by atoms with Crippen LogP contribution >= 0.6 is 11.8 Å². The molecule has 1 unspecified atom stereocenters. The van der Waals surface area contributed by atoms with Crippen LogP contribution in [0, 0.1) is 0 Å². The monoisotopic (exact) mass is 237 g/mol. The lowest BCUT2D eigenvalue weighted by Gasteiger charge is -2.16. The highest BCUT2D eigenvalue weighted by atomic mass is 32.2. The Labute approximate surface area is 102 Å². The van der Waals surface area contributed by atoms with Crippen LogP contribution in [-0.4, -0.2) is 24.2 Å². The first kappa shape index (κ1) is 11.8. The number of hydrogen-bond acceptors (Lipinski definition) is 3. The SMILES string of the molecule is CCOCc1ccccc1NC1CCSC1. The number of ether oxygens (including phenoxy) is 1. The van der Waals surface area contributed by atoms with E-state index in [9.17, 15) is 0 Å². The van der Waals surface area contributed by atoms with Gasteiger partial charge in [-0.05, 0) is 25.2 Å². The van der Waals surface area contributed by atoms with E-state index in [-0.39, 0.29) is 0 Å². The third kappa shape index (κ3) is 3.16. The Balaban J connectivity index is 2.00. The van der Waals surface area contributed by atoms with E-state index < -0.39 is 0 Å². The van der Waals surface area contributed by atoms with E-state index in [0.29, 0.717) is 12.6 Å². The maximum atomic E-state index is 5.48. The average Bonchev–Trinajstić information content (AvgIpc) is 2.81. The third-order valence-electron chi connectivity index (χ3n) is 2.77. The second kappa shape index (κ2) is 6.16. The molecule has 1 saturated heterocycles. The fourth-order valence-electron chi connectivity index (χ4n) is 1.87. The van der Waals surface area contributed by atoms with Crippen molar-refractivity contribution in [1.29, 1.82) is 0 Å². The number of thioether (sulfide) groups is 1. The molecule has 0 bridgehead atoms. The van der Waals surface area contributed by atoms with Crippen LogP contribution in [0.5, 0.6) is 0 Å². The molecule has 3 heteroatoms. The first-order valence-corrected chi connectivity index (χ1v) is 7.05. The first-order chi connectivity index (χ1) is 7.90. The standard InChI is InChI=1S/C13H19NOS/c1-2-15-9-11-5-3-4-6-13(11)14-12-7-8-16-10-12/h3-6,12,14H,2,7-10H2,1H3. The summed E-state index contributed by atoms with van der Waals surface area (Å²) in [5.74, 6) is 2.51.